The van der Waals surface area contributed by atoms with Crippen LogP contribution in [0.15, 0.2) is 30.6 Å². The minimum absolute atomic E-state index is 0.0612. The third kappa shape index (κ3) is 3.00. The first-order chi connectivity index (χ1) is 11.8. The van der Waals surface area contributed by atoms with Crippen LogP contribution in [-0.2, 0) is 28.5 Å². The fourth-order valence-corrected chi connectivity index (χ4v) is 4.20. The molecule has 2 heterocycles. The van der Waals surface area contributed by atoms with E-state index in [2.05, 4.69) is 10.4 Å². The molecular weight excluding hydrogens is 342 g/mol. The van der Waals surface area contributed by atoms with Crippen LogP contribution in [-0.4, -0.2) is 30.7 Å². The molecule has 2 atom stereocenters. The van der Waals surface area contributed by atoms with Crippen LogP contribution in [0.5, 0.6) is 0 Å². The first-order valence-corrected chi connectivity index (χ1v) is 9.56. The van der Waals surface area contributed by atoms with Crippen LogP contribution < -0.4 is 14.8 Å². The maximum atomic E-state index is 12.4. The Morgan fingerprint density at radius 3 is 2.88 bits per heavy atom. The second kappa shape index (κ2) is 5.57. The van der Waals surface area contributed by atoms with Crippen molar-refractivity contribution in [3.63, 3.8) is 0 Å². The Balaban J connectivity index is 1.48. The number of nitrogens with one attached hydrogen (secondary N) is 1. The molecule has 1 aliphatic carbocycles. The van der Waals surface area contributed by atoms with Gasteiger partial charge >= 0.3 is 0 Å². The van der Waals surface area contributed by atoms with Gasteiger partial charge in [-0.25, -0.2) is 5.14 Å². The predicted octanol–water partition coefficient (Wildman–Crippen LogP) is 0.728. The molecule has 1 aliphatic heterocycles. The Morgan fingerprint density at radius 2 is 2.20 bits per heavy atom. The van der Waals surface area contributed by atoms with Gasteiger partial charge in [-0.3, -0.25) is 13.8 Å². The molecule has 9 heteroatoms. The molecule has 3 N–H and O–H groups in total. The van der Waals surface area contributed by atoms with Crippen LogP contribution in [0.2, 0.25) is 0 Å². The maximum Gasteiger partial charge on any atom is 0.299 e. The van der Waals surface area contributed by atoms with Gasteiger partial charge in [0.1, 0.15) is 0 Å². The van der Waals surface area contributed by atoms with Crippen molar-refractivity contribution in [3.8, 4) is 0 Å². The van der Waals surface area contributed by atoms with Gasteiger partial charge in [-0.2, -0.15) is 13.5 Å². The number of hydrogen-bond donors (Lipinski definition) is 2. The van der Waals surface area contributed by atoms with Gasteiger partial charge < -0.3 is 5.32 Å². The Kier molecular flexibility index (Phi) is 3.58. The highest BCUT2D eigenvalue weighted by atomic mass is 32.2. The standard InChI is InChI=1S/C16H19N5O3S/c1-20-9-11(8-18-20)13-7-14(13)16(22)19-12-3-2-10-4-5-21(15(10)6-12)25(17,23)24/h2-3,6,8-9,13-14H,4-5,7H2,1H3,(H,19,22)(H2,17,23,24)/t13-,14+/m0/s1. The lowest BCUT2D eigenvalue weighted by Crippen LogP contribution is -2.35. The fraction of sp³-hybridized carbons (Fsp3) is 0.375. The second-order valence-corrected chi connectivity index (χ2v) is 8.07. The number of carbonyl (C=O) groups is 1. The molecule has 2 aromatic rings. The summed E-state index contributed by atoms with van der Waals surface area (Å²) >= 11 is 0. The van der Waals surface area contributed by atoms with Gasteiger partial charge in [0.15, 0.2) is 0 Å². The van der Waals surface area contributed by atoms with E-state index in [1.54, 1.807) is 23.0 Å². The van der Waals surface area contributed by atoms with Gasteiger partial charge in [0, 0.05) is 31.4 Å². The number of aryl methyl sites for hydroxylation is 1. The number of amides is 1. The summed E-state index contributed by atoms with van der Waals surface area (Å²) in [6.07, 6.45) is 5.13. The summed E-state index contributed by atoms with van der Waals surface area (Å²) < 4.78 is 26.2. The number of rotatable bonds is 4. The van der Waals surface area contributed by atoms with Crippen molar-refractivity contribution in [1.82, 2.24) is 9.78 Å². The zero-order chi connectivity index (χ0) is 17.8. The summed E-state index contributed by atoms with van der Waals surface area (Å²) in [5.74, 6) is 0.0600. The molecule has 0 bridgehead atoms. The van der Waals surface area contributed by atoms with Gasteiger partial charge in [-0.05, 0) is 42.0 Å². The Hall–Kier alpha value is -2.39. The molecular formula is C16H19N5O3S. The summed E-state index contributed by atoms with van der Waals surface area (Å²) in [5.41, 5.74) is 3.10. The zero-order valence-corrected chi connectivity index (χ0v) is 14.5. The number of nitrogens with two attached hydrogens (primary N) is 1. The normalized spacial score (nSPS) is 21.9. The summed E-state index contributed by atoms with van der Waals surface area (Å²) in [4.78, 5) is 12.4. The van der Waals surface area contributed by atoms with E-state index in [1.807, 2.05) is 19.3 Å². The van der Waals surface area contributed by atoms with Crippen LogP contribution in [0.1, 0.15) is 23.5 Å². The van der Waals surface area contributed by atoms with E-state index >= 15 is 0 Å². The van der Waals surface area contributed by atoms with Crippen molar-refractivity contribution in [1.29, 1.82) is 0 Å². The number of carbonyl (C=O) groups excluding carboxylic acids is 1. The van der Waals surface area contributed by atoms with Gasteiger partial charge in [-0.15, -0.1) is 0 Å². The monoisotopic (exact) mass is 361 g/mol. The lowest BCUT2D eigenvalue weighted by Gasteiger charge is -2.16. The Labute approximate surface area is 145 Å². The van der Waals surface area contributed by atoms with Gasteiger partial charge in [0.25, 0.3) is 10.2 Å². The lowest BCUT2D eigenvalue weighted by molar-refractivity contribution is -0.117. The quantitative estimate of drug-likeness (QED) is 0.836. The molecule has 1 fully saturated rings. The lowest BCUT2D eigenvalue weighted by atomic mass is 10.1. The summed E-state index contributed by atoms with van der Waals surface area (Å²) in [7, 11) is -1.95. The van der Waals surface area contributed by atoms with Gasteiger partial charge in [0.2, 0.25) is 5.91 Å². The fourth-order valence-electron chi connectivity index (χ4n) is 3.41. The highest BCUT2D eigenvalue weighted by Crippen LogP contribution is 2.48. The number of hydrogen-bond acceptors (Lipinski definition) is 4. The number of benzene rings is 1. The molecule has 1 amide bonds. The molecule has 0 spiro atoms. The molecule has 0 radical (unpaired) electrons. The second-order valence-electron chi connectivity index (χ2n) is 6.60. The van der Waals surface area contributed by atoms with E-state index in [4.69, 9.17) is 5.14 Å². The van der Waals surface area contributed by atoms with Crippen LogP contribution >= 0.6 is 0 Å². The van der Waals surface area contributed by atoms with Gasteiger partial charge in [-0.1, -0.05) is 6.07 Å². The predicted molar refractivity (Wildman–Crippen MR) is 93.3 cm³/mol. The Bertz CT molecular complexity index is 952. The average molecular weight is 361 g/mol. The molecule has 0 saturated heterocycles. The summed E-state index contributed by atoms with van der Waals surface area (Å²) in [5, 5.41) is 12.3. The first kappa shape index (κ1) is 16.1. The van der Waals surface area contributed by atoms with Crippen molar-refractivity contribution < 1.29 is 13.2 Å². The highest BCUT2D eigenvalue weighted by molar-refractivity contribution is 7.90. The van der Waals surface area contributed by atoms with E-state index in [9.17, 15) is 13.2 Å². The van der Waals surface area contributed by atoms with Crippen molar-refractivity contribution in [2.45, 2.75) is 18.8 Å². The van der Waals surface area contributed by atoms with E-state index in [-0.39, 0.29) is 17.7 Å². The minimum atomic E-state index is -3.80. The molecule has 25 heavy (non-hydrogen) atoms. The van der Waals surface area contributed by atoms with Crippen LogP contribution in [0.25, 0.3) is 0 Å². The topological polar surface area (TPSA) is 110 Å². The molecule has 1 aromatic heterocycles. The number of fused-ring (bicyclic) bond motifs is 1. The third-order valence-electron chi connectivity index (χ3n) is 4.79. The van der Waals surface area contributed by atoms with E-state index in [0.29, 0.717) is 24.3 Å². The molecule has 0 unspecified atom stereocenters. The molecule has 132 valence electrons. The molecule has 1 aromatic carbocycles. The van der Waals surface area contributed by atoms with Crippen molar-refractivity contribution in [2.24, 2.45) is 18.1 Å². The Morgan fingerprint density at radius 1 is 1.40 bits per heavy atom. The van der Waals surface area contributed by atoms with Crippen LogP contribution in [0, 0.1) is 5.92 Å². The molecule has 8 nitrogen and oxygen atoms in total. The maximum absolute atomic E-state index is 12.4. The molecule has 2 aliphatic rings. The van der Waals surface area contributed by atoms with Crippen LogP contribution in [0.3, 0.4) is 0 Å². The van der Waals surface area contributed by atoms with Crippen molar-refractivity contribution in [2.75, 3.05) is 16.2 Å². The first-order valence-electron chi connectivity index (χ1n) is 8.06. The van der Waals surface area contributed by atoms with E-state index in [0.717, 1.165) is 17.5 Å². The summed E-state index contributed by atoms with van der Waals surface area (Å²) in [6.45, 7) is 0.331. The van der Waals surface area contributed by atoms with Crippen molar-refractivity contribution >= 4 is 27.5 Å². The SMILES string of the molecule is Cn1cc([C@@H]2C[C@H]2C(=O)Nc2ccc3c(c2)N(S(N)(=O)=O)CC3)cn1. The minimum Gasteiger partial charge on any atom is -0.326 e. The third-order valence-corrected chi connectivity index (χ3v) is 5.79. The molecule has 4 rings (SSSR count). The number of anilines is 2. The van der Waals surface area contributed by atoms with Crippen LogP contribution in [0.4, 0.5) is 11.4 Å². The number of nitrogens with zero attached hydrogens (tertiary/aromatic N) is 3. The number of aromatic nitrogens is 2. The van der Waals surface area contributed by atoms with Crippen molar-refractivity contribution in [3.05, 3.63) is 41.7 Å². The smallest absolute Gasteiger partial charge is 0.299 e. The largest absolute Gasteiger partial charge is 0.326 e. The van der Waals surface area contributed by atoms with E-state index < -0.39 is 10.2 Å². The zero-order valence-electron chi connectivity index (χ0n) is 13.7. The summed E-state index contributed by atoms with van der Waals surface area (Å²) in [6, 6.07) is 5.30. The van der Waals surface area contributed by atoms with Gasteiger partial charge in [0.05, 0.1) is 11.9 Å². The highest BCUT2D eigenvalue weighted by Gasteiger charge is 2.44. The molecule has 1 saturated carbocycles. The van der Waals surface area contributed by atoms with E-state index in [1.165, 1.54) is 4.31 Å². The average Bonchev–Trinajstić information content (AvgIpc) is 3.03.